The molecule has 0 saturated heterocycles. The summed E-state index contributed by atoms with van der Waals surface area (Å²) in [5.41, 5.74) is 31.7. The van der Waals surface area contributed by atoms with E-state index in [-0.39, 0.29) is 0 Å². The number of benzene rings is 17. The van der Waals surface area contributed by atoms with Crippen LogP contribution in [0, 0.1) is 10.8 Å². The van der Waals surface area contributed by atoms with E-state index in [1.807, 2.05) is 53.7 Å². The van der Waals surface area contributed by atoms with E-state index in [0.29, 0.717) is 11.1 Å². The van der Waals surface area contributed by atoms with Crippen molar-refractivity contribution in [1.82, 2.24) is 9.13 Å². The van der Waals surface area contributed by atoms with Gasteiger partial charge in [0.1, 0.15) is 0 Å². The minimum Gasteiger partial charge on any atom is -0.311 e. The topological polar surface area (TPSA) is 16.3 Å². The van der Waals surface area contributed by atoms with Gasteiger partial charge >= 0.3 is 0 Å². The van der Waals surface area contributed by atoms with Crippen LogP contribution >= 0.6 is 0 Å². The fraction of sp³-hybridized carbons (Fsp3) is 0.121. The minimum absolute atomic E-state index is 0.416. The second-order valence-corrected chi connectivity index (χ2v) is 35.9. The lowest BCUT2D eigenvalue weighted by Crippen LogP contribution is -2.61. The molecule has 0 saturated carbocycles. The van der Waals surface area contributed by atoms with Gasteiger partial charge in [0.25, 0.3) is 6.71 Å². The van der Waals surface area contributed by atoms with Crippen LogP contribution in [0.15, 0.2) is 388 Å². The highest BCUT2D eigenvalue weighted by Gasteiger charge is 2.46. The Morgan fingerprint density at radius 1 is 0.240 bits per heavy atom. The lowest BCUT2D eigenvalue weighted by Gasteiger charge is -2.46. The average molecular weight is 1560 g/mol. The van der Waals surface area contributed by atoms with Crippen LogP contribution in [0.1, 0.15) is 84.5 Å². The van der Waals surface area contributed by atoms with Crippen molar-refractivity contribution < 1.29 is 5.48 Å². The number of anilines is 6. The molecule has 5 heteroatoms. The van der Waals surface area contributed by atoms with E-state index < -0.39 is 35.7 Å². The zero-order valence-electron chi connectivity index (χ0n) is 73.8. The molecule has 0 atom stereocenters. The fourth-order valence-corrected chi connectivity index (χ4v) is 19.0. The van der Waals surface area contributed by atoms with Crippen molar-refractivity contribution in [3.63, 3.8) is 0 Å². The zero-order chi connectivity index (χ0) is 85.6. The van der Waals surface area contributed by atoms with E-state index in [9.17, 15) is 5.48 Å². The molecule has 121 heavy (non-hydrogen) atoms. The van der Waals surface area contributed by atoms with Crippen LogP contribution in [0.4, 0.5) is 34.1 Å². The third-order valence-corrected chi connectivity index (χ3v) is 24.5. The van der Waals surface area contributed by atoms with Crippen molar-refractivity contribution in [2.24, 2.45) is 10.8 Å². The van der Waals surface area contributed by atoms with Crippen LogP contribution in [0.25, 0.3) is 144 Å². The van der Waals surface area contributed by atoms with Crippen molar-refractivity contribution in [3.05, 3.63) is 405 Å². The highest BCUT2D eigenvalue weighted by atomic mass is 15.2. The molecular formula is C116H95BN4. The Balaban J connectivity index is 0.919. The molecule has 0 radical (unpaired) electrons. The van der Waals surface area contributed by atoms with Crippen molar-refractivity contribution in [3.8, 4) is 100 Å². The summed E-state index contributed by atoms with van der Waals surface area (Å²) >= 11 is 0. The highest BCUT2D eigenvalue weighted by Crippen LogP contribution is 2.54. The molecule has 2 aliphatic rings. The minimum atomic E-state index is -1.84. The van der Waals surface area contributed by atoms with Crippen molar-refractivity contribution in [2.75, 3.05) is 9.80 Å². The van der Waals surface area contributed by atoms with Crippen LogP contribution in [0.5, 0.6) is 0 Å². The lowest BCUT2D eigenvalue weighted by atomic mass is 9.33. The second-order valence-electron chi connectivity index (χ2n) is 35.9. The van der Waals surface area contributed by atoms with Gasteiger partial charge in [-0.15, -0.1) is 0 Å². The van der Waals surface area contributed by atoms with Gasteiger partial charge in [0, 0.05) is 72.3 Å². The van der Waals surface area contributed by atoms with Crippen LogP contribution in [0.3, 0.4) is 0 Å². The summed E-state index contributed by atoms with van der Waals surface area (Å²) < 4.78 is 47.0. The van der Waals surface area contributed by atoms with Gasteiger partial charge in [-0.05, 0) is 249 Å². The molecule has 4 heterocycles. The Kier molecular flexibility index (Phi) is 17.1. The SMILES string of the molecule is [2H]C([2H])(c1cc(-c2ccccc2)c(N2c3cc(-n4c5ccc(-c6ccccc6)cc5c5cc(-c6ccccc6)ccc54)ccc3B3c4ccc(-n5c6ccc(-c7ccccc7)cc6c6cc(-c7ccccc7)ccc65)cc4N(c4cc(-c5ccccc5)c(C([2H])([2H])C(C)(C)C)cc4-c4ccccc4)c4cc(C(C)(C)C)cc2c43)cc1-c1ccccc1)C(C)(C)C. The van der Waals surface area contributed by atoms with E-state index >= 15 is 0 Å². The summed E-state index contributed by atoms with van der Waals surface area (Å²) in [6.07, 6.45) is -3.67. The Morgan fingerprint density at radius 2 is 0.512 bits per heavy atom. The molecule has 2 aliphatic heterocycles. The smallest absolute Gasteiger partial charge is 0.252 e. The van der Waals surface area contributed by atoms with Gasteiger partial charge in [-0.2, -0.15) is 0 Å². The van der Waals surface area contributed by atoms with Gasteiger partial charge in [-0.25, -0.2) is 0 Å². The van der Waals surface area contributed by atoms with E-state index in [1.165, 1.54) is 0 Å². The molecule has 0 aliphatic carbocycles. The Morgan fingerprint density at radius 3 is 0.785 bits per heavy atom. The normalized spacial score (nSPS) is 13.4. The summed E-state index contributed by atoms with van der Waals surface area (Å²) in [6.45, 7) is 18.7. The summed E-state index contributed by atoms with van der Waals surface area (Å²) in [6, 6.07) is 142. The molecule has 0 amide bonds. The van der Waals surface area contributed by atoms with Gasteiger partial charge in [-0.3, -0.25) is 0 Å². The van der Waals surface area contributed by atoms with Gasteiger partial charge < -0.3 is 18.9 Å². The third-order valence-electron chi connectivity index (χ3n) is 24.5. The maximum Gasteiger partial charge on any atom is 0.252 e. The van der Waals surface area contributed by atoms with Crippen LogP contribution in [-0.2, 0) is 18.2 Å². The first kappa shape index (κ1) is 70.1. The monoisotopic (exact) mass is 1560 g/mol. The highest BCUT2D eigenvalue weighted by molar-refractivity contribution is 7.00. The summed E-state index contributed by atoms with van der Waals surface area (Å²) in [7, 11) is 0. The van der Waals surface area contributed by atoms with Gasteiger partial charge in [0.05, 0.1) is 33.4 Å². The van der Waals surface area contributed by atoms with Crippen LogP contribution < -0.4 is 26.2 Å². The Hall–Kier alpha value is -14.0. The van der Waals surface area contributed by atoms with Gasteiger partial charge in [0.2, 0.25) is 0 Å². The molecule has 2 aromatic heterocycles. The first-order chi connectivity index (χ1) is 60.4. The largest absolute Gasteiger partial charge is 0.311 e. The molecule has 17 aromatic carbocycles. The maximum atomic E-state index is 10.5. The molecular weight excluding hydrogens is 1460 g/mol. The Labute approximate surface area is 717 Å². The molecule has 0 fully saturated rings. The fourth-order valence-electron chi connectivity index (χ4n) is 19.0. The molecule has 0 spiro atoms. The van der Waals surface area contributed by atoms with Gasteiger partial charge in [-0.1, -0.05) is 341 Å². The summed E-state index contributed by atoms with van der Waals surface area (Å²) in [5, 5.41) is 4.57. The summed E-state index contributed by atoms with van der Waals surface area (Å²) in [4.78, 5) is 5.14. The predicted octanol–water partition coefficient (Wildman–Crippen LogP) is 29.8. The first-order valence-electron chi connectivity index (χ1n) is 44.5. The number of hydrogen-bond donors (Lipinski definition) is 0. The van der Waals surface area contributed by atoms with E-state index in [1.54, 1.807) is 0 Å². The average Bonchev–Trinajstić information content (AvgIpc) is 0.833. The maximum absolute atomic E-state index is 10.5. The number of fused-ring (bicyclic) bond motifs is 10. The van der Waals surface area contributed by atoms with Crippen molar-refractivity contribution in [1.29, 1.82) is 0 Å². The molecule has 19 aromatic rings. The quantitative estimate of drug-likeness (QED) is 0.101. The molecule has 21 rings (SSSR count). The number of hydrogen-bond acceptors (Lipinski definition) is 2. The third kappa shape index (κ3) is 13.4. The summed E-state index contributed by atoms with van der Waals surface area (Å²) in [5.74, 6) is 0. The standard InChI is InChI=1S/C116H95BN4/c1-114(2,3)74-88-66-95(82-46-30-16-31-47-82)107(72-93(88)80-42-26-14-27-43-80)120-109-70-91(118-103-58-50-84(76-34-18-10-19-35-76)62-97(103)98-63-85(51-59-104(98)118)77-36-20-11-21-37-77)54-56-101(109)117-102-57-55-92(119-105-60-52-86(78-38-22-12-23-39-78)64-99(105)100-65-87(53-61-106(100)119)79-40-24-13-25-41-79)71-110(102)121(112-69-90(116(7,8)9)68-111(120)113(112)117)108-73-94(81-44-28-15-29-45-81)89(75-115(4,5)6)67-96(108)83-48-32-17-33-49-83/h10-73H,74-75H2,1-9H3/i74D2,75D2. The Bertz CT molecular complexity index is 6810. The lowest BCUT2D eigenvalue weighted by molar-refractivity contribution is 0.411. The second kappa shape index (κ2) is 29.5. The zero-order valence-corrected chi connectivity index (χ0v) is 69.8. The molecule has 0 bridgehead atoms. The molecule has 0 N–H and O–H groups in total. The molecule has 0 unspecified atom stereocenters. The van der Waals surface area contributed by atoms with E-state index in [4.69, 9.17) is 0 Å². The van der Waals surface area contributed by atoms with E-state index in [0.717, 1.165) is 200 Å². The molecule has 4 nitrogen and oxygen atoms in total. The number of nitrogens with zero attached hydrogens (tertiary/aromatic N) is 4. The number of rotatable bonds is 14. The van der Waals surface area contributed by atoms with Crippen molar-refractivity contribution >= 4 is 101 Å². The molecule has 582 valence electrons. The predicted molar refractivity (Wildman–Crippen MR) is 518 cm³/mol. The van der Waals surface area contributed by atoms with Crippen LogP contribution in [0.2, 0.25) is 0 Å². The number of aromatic nitrogens is 2. The first-order valence-corrected chi connectivity index (χ1v) is 42.5. The van der Waals surface area contributed by atoms with Gasteiger partial charge in [0.15, 0.2) is 0 Å². The van der Waals surface area contributed by atoms with Crippen molar-refractivity contribution in [2.45, 2.75) is 80.5 Å². The van der Waals surface area contributed by atoms with Crippen LogP contribution in [-0.4, -0.2) is 15.8 Å². The van der Waals surface area contributed by atoms with E-state index in [2.05, 4.69) is 416 Å².